The molecule has 0 radical (unpaired) electrons. The lowest BCUT2D eigenvalue weighted by molar-refractivity contribution is 0.300. The van der Waals surface area contributed by atoms with E-state index in [1.165, 1.54) is 5.56 Å². The Morgan fingerprint density at radius 3 is 2.56 bits per heavy atom. The Balaban J connectivity index is 2.61. The predicted molar refractivity (Wildman–Crippen MR) is 68.9 cm³/mol. The van der Waals surface area contributed by atoms with Crippen LogP contribution in [0.2, 0.25) is 0 Å². The fourth-order valence-corrected chi connectivity index (χ4v) is 1.42. The molecule has 1 rings (SSSR count). The van der Waals surface area contributed by atoms with Crippen molar-refractivity contribution in [1.82, 2.24) is 0 Å². The standard InChI is InChI=1S/C14H23NO/c1-11(15)8-9-16-13-7-5-6-12(10-13)14(2,3)4/h5-7,10-11H,8-9,15H2,1-4H3/t11-/m0/s1. The molecule has 1 aromatic carbocycles. The molecule has 0 aliphatic carbocycles. The number of hydrogen-bond acceptors (Lipinski definition) is 2. The first-order chi connectivity index (χ1) is 7.39. The first-order valence-electron chi connectivity index (χ1n) is 5.88. The average molecular weight is 221 g/mol. The van der Waals surface area contributed by atoms with Gasteiger partial charge in [-0.2, -0.15) is 0 Å². The van der Waals surface area contributed by atoms with E-state index in [0.29, 0.717) is 6.61 Å². The van der Waals surface area contributed by atoms with E-state index >= 15 is 0 Å². The molecule has 0 saturated heterocycles. The van der Waals surface area contributed by atoms with Crippen LogP contribution in [0.5, 0.6) is 5.75 Å². The van der Waals surface area contributed by atoms with Crippen LogP contribution in [-0.2, 0) is 5.41 Å². The summed E-state index contributed by atoms with van der Waals surface area (Å²) in [5.41, 5.74) is 7.14. The van der Waals surface area contributed by atoms with Crippen LogP contribution in [0, 0.1) is 0 Å². The molecule has 0 heterocycles. The summed E-state index contributed by atoms with van der Waals surface area (Å²) in [5.74, 6) is 0.938. The van der Waals surface area contributed by atoms with E-state index < -0.39 is 0 Å². The molecule has 0 fully saturated rings. The molecule has 0 amide bonds. The third-order valence-corrected chi connectivity index (χ3v) is 2.54. The summed E-state index contributed by atoms with van der Waals surface area (Å²) in [6, 6.07) is 8.49. The number of rotatable bonds is 4. The van der Waals surface area contributed by atoms with Gasteiger partial charge in [0.15, 0.2) is 0 Å². The lowest BCUT2D eigenvalue weighted by Gasteiger charge is -2.19. The van der Waals surface area contributed by atoms with Crippen LogP contribution in [0.4, 0.5) is 0 Å². The third-order valence-electron chi connectivity index (χ3n) is 2.54. The van der Waals surface area contributed by atoms with E-state index in [4.69, 9.17) is 10.5 Å². The Labute approximate surface area is 98.8 Å². The minimum Gasteiger partial charge on any atom is -0.494 e. The summed E-state index contributed by atoms with van der Waals surface area (Å²) in [7, 11) is 0. The van der Waals surface area contributed by atoms with Crippen molar-refractivity contribution in [2.75, 3.05) is 6.61 Å². The monoisotopic (exact) mass is 221 g/mol. The third kappa shape index (κ3) is 4.23. The number of benzene rings is 1. The average Bonchev–Trinajstić information content (AvgIpc) is 2.16. The van der Waals surface area contributed by atoms with E-state index in [1.54, 1.807) is 0 Å². The molecule has 0 unspecified atom stereocenters. The van der Waals surface area contributed by atoms with Crippen LogP contribution < -0.4 is 10.5 Å². The van der Waals surface area contributed by atoms with Gasteiger partial charge in [0.05, 0.1) is 6.61 Å². The second kappa shape index (κ2) is 5.35. The van der Waals surface area contributed by atoms with E-state index in [1.807, 2.05) is 19.1 Å². The van der Waals surface area contributed by atoms with Crippen molar-refractivity contribution in [3.63, 3.8) is 0 Å². The Morgan fingerprint density at radius 1 is 1.31 bits per heavy atom. The van der Waals surface area contributed by atoms with Gasteiger partial charge in [0, 0.05) is 6.04 Å². The molecule has 1 aromatic rings. The van der Waals surface area contributed by atoms with E-state index in [0.717, 1.165) is 12.2 Å². The molecule has 1 atom stereocenters. The zero-order valence-corrected chi connectivity index (χ0v) is 10.8. The number of hydrogen-bond donors (Lipinski definition) is 1. The summed E-state index contributed by atoms with van der Waals surface area (Å²) >= 11 is 0. The van der Waals surface area contributed by atoms with Crippen molar-refractivity contribution >= 4 is 0 Å². The van der Waals surface area contributed by atoms with Crippen LogP contribution in [0.1, 0.15) is 39.7 Å². The van der Waals surface area contributed by atoms with Gasteiger partial charge in [0.2, 0.25) is 0 Å². The van der Waals surface area contributed by atoms with Crippen molar-refractivity contribution < 1.29 is 4.74 Å². The summed E-state index contributed by atoms with van der Waals surface area (Å²) < 4.78 is 5.67. The van der Waals surface area contributed by atoms with Gasteiger partial charge in [-0.3, -0.25) is 0 Å². The lowest BCUT2D eigenvalue weighted by Crippen LogP contribution is -2.18. The van der Waals surface area contributed by atoms with Gasteiger partial charge in [-0.05, 0) is 36.5 Å². The molecule has 0 spiro atoms. The fraction of sp³-hybridized carbons (Fsp3) is 0.571. The molecular weight excluding hydrogens is 198 g/mol. The van der Waals surface area contributed by atoms with E-state index in [9.17, 15) is 0 Å². The van der Waals surface area contributed by atoms with Gasteiger partial charge in [-0.15, -0.1) is 0 Å². The Kier molecular flexibility index (Phi) is 4.36. The summed E-state index contributed by atoms with van der Waals surface area (Å²) in [5, 5.41) is 0. The first kappa shape index (κ1) is 13.0. The van der Waals surface area contributed by atoms with Crippen molar-refractivity contribution in [3.8, 4) is 5.75 Å². The molecule has 2 nitrogen and oxygen atoms in total. The zero-order valence-electron chi connectivity index (χ0n) is 10.8. The van der Waals surface area contributed by atoms with Crippen LogP contribution in [0.25, 0.3) is 0 Å². The van der Waals surface area contributed by atoms with Gasteiger partial charge in [-0.25, -0.2) is 0 Å². The Morgan fingerprint density at radius 2 is 2.00 bits per heavy atom. The Bertz CT molecular complexity index is 326. The van der Waals surface area contributed by atoms with Gasteiger partial charge >= 0.3 is 0 Å². The highest BCUT2D eigenvalue weighted by Crippen LogP contribution is 2.25. The minimum absolute atomic E-state index is 0.167. The van der Waals surface area contributed by atoms with E-state index in [2.05, 4.69) is 32.9 Å². The molecule has 90 valence electrons. The molecular formula is C14H23NO. The fourth-order valence-electron chi connectivity index (χ4n) is 1.42. The molecule has 0 aliphatic rings. The van der Waals surface area contributed by atoms with Crippen LogP contribution in [0.15, 0.2) is 24.3 Å². The first-order valence-corrected chi connectivity index (χ1v) is 5.88. The summed E-state index contributed by atoms with van der Waals surface area (Å²) in [6.45, 7) is 9.29. The maximum atomic E-state index is 5.68. The molecule has 16 heavy (non-hydrogen) atoms. The van der Waals surface area contributed by atoms with Crippen molar-refractivity contribution in [2.45, 2.75) is 45.6 Å². The van der Waals surface area contributed by atoms with Crippen LogP contribution in [-0.4, -0.2) is 12.6 Å². The highest BCUT2D eigenvalue weighted by Gasteiger charge is 2.13. The normalized spacial score (nSPS) is 13.6. The van der Waals surface area contributed by atoms with Crippen molar-refractivity contribution in [3.05, 3.63) is 29.8 Å². The lowest BCUT2D eigenvalue weighted by atomic mass is 9.87. The highest BCUT2D eigenvalue weighted by molar-refractivity contribution is 5.32. The van der Waals surface area contributed by atoms with Crippen LogP contribution in [0.3, 0.4) is 0 Å². The van der Waals surface area contributed by atoms with E-state index in [-0.39, 0.29) is 11.5 Å². The largest absolute Gasteiger partial charge is 0.494 e. The molecule has 0 aromatic heterocycles. The molecule has 2 N–H and O–H groups in total. The van der Waals surface area contributed by atoms with Crippen molar-refractivity contribution in [2.24, 2.45) is 5.73 Å². The molecule has 0 aliphatic heterocycles. The smallest absolute Gasteiger partial charge is 0.119 e. The summed E-state index contributed by atoms with van der Waals surface area (Å²) in [4.78, 5) is 0. The quantitative estimate of drug-likeness (QED) is 0.848. The maximum absolute atomic E-state index is 5.68. The van der Waals surface area contributed by atoms with Gasteiger partial charge in [0.25, 0.3) is 0 Å². The maximum Gasteiger partial charge on any atom is 0.119 e. The predicted octanol–water partition coefficient (Wildman–Crippen LogP) is 3.10. The minimum atomic E-state index is 0.167. The van der Waals surface area contributed by atoms with Gasteiger partial charge in [0.1, 0.15) is 5.75 Å². The SMILES string of the molecule is C[C@H](N)CCOc1cccc(C(C)(C)C)c1. The second-order valence-corrected chi connectivity index (χ2v) is 5.39. The van der Waals surface area contributed by atoms with Gasteiger partial charge < -0.3 is 10.5 Å². The number of nitrogens with two attached hydrogens (primary N) is 1. The second-order valence-electron chi connectivity index (χ2n) is 5.39. The molecule has 2 heteroatoms. The molecule has 0 saturated carbocycles. The summed E-state index contributed by atoms with van der Waals surface area (Å²) in [6.07, 6.45) is 0.889. The van der Waals surface area contributed by atoms with Crippen molar-refractivity contribution in [1.29, 1.82) is 0 Å². The van der Waals surface area contributed by atoms with Crippen LogP contribution >= 0.6 is 0 Å². The van der Waals surface area contributed by atoms with Gasteiger partial charge in [-0.1, -0.05) is 32.9 Å². The Hall–Kier alpha value is -1.02. The zero-order chi connectivity index (χ0) is 12.2. The molecule has 0 bridgehead atoms. The highest BCUT2D eigenvalue weighted by atomic mass is 16.5. The number of ether oxygens (including phenoxy) is 1. The topological polar surface area (TPSA) is 35.2 Å².